The monoisotopic (exact) mass is 383 g/mol. The first-order valence-electron chi connectivity index (χ1n) is 8.49. The van der Waals surface area contributed by atoms with Gasteiger partial charge in [0.05, 0.1) is 12.4 Å². The highest BCUT2D eigenvalue weighted by molar-refractivity contribution is 8.00. The van der Waals surface area contributed by atoms with Gasteiger partial charge in [-0.05, 0) is 68.3 Å². The fourth-order valence-corrected chi connectivity index (χ4v) is 3.05. The van der Waals surface area contributed by atoms with Gasteiger partial charge >= 0.3 is 0 Å². The van der Waals surface area contributed by atoms with Crippen molar-refractivity contribution < 1.29 is 13.9 Å². The Morgan fingerprint density at radius 1 is 1.11 bits per heavy atom. The second-order valence-electron chi connectivity index (χ2n) is 6.15. The fourth-order valence-electron chi connectivity index (χ4n) is 2.37. The molecule has 3 rings (SSSR count). The molecule has 0 bridgehead atoms. The zero-order valence-corrected chi connectivity index (χ0v) is 16.5. The number of thioether (sulfide) groups is 1. The number of aryl methyl sites for hydroxylation is 2. The predicted octanol–water partition coefficient (Wildman–Crippen LogP) is 4.48. The summed E-state index contributed by atoms with van der Waals surface area (Å²) in [5.41, 5.74) is 3.94. The van der Waals surface area contributed by atoms with E-state index in [4.69, 9.17) is 9.15 Å². The van der Waals surface area contributed by atoms with E-state index < -0.39 is 0 Å². The van der Waals surface area contributed by atoms with Crippen molar-refractivity contribution >= 4 is 23.4 Å². The van der Waals surface area contributed by atoms with Gasteiger partial charge in [-0.25, -0.2) is 0 Å². The van der Waals surface area contributed by atoms with Crippen molar-refractivity contribution in [1.82, 2.24) is 10.2 Å². The SMILES string of the molecule is COc1ccc(NC(=O)[C@@H](C)Sc2nnc(-c3ccc(C)c(C)c3)o2)cc1. The number of nitrogens with one attached hydrogen (secondary N) is 1. The zero-order chi connectivity index (χ0) is 19.4. The number of benzene rings is 2. The number of ether oxygens (including phenoxy) is 1. The first-order valence-corrected chi connectivity index (χ1v) is 9.37. The molecule has 0 saturated carbocycles. The highest BCUT2D eigenvalue weighted by Gasteiger charge is 2.19. The smallest absolute Gasteiger partial charge is 0.277 e. The summed E-state index contributed by atoms with van der Waals surface area (Å²) < 4.78 is 10.8. The lowest BCUT2D eigenvalue weighted by Crippen LogP contribution is -2.22. The van der Waals surface area contributed by atoms with Crippen molar-refractivity contribution in [2.45, 2.75) is 31.2 Å². The van der Waals surface area contributed by atoms with Crippen LogP contribution in [0.2, 0.25) is 0 Å². The third-order valence-corrected chi connectivity index (χ3v) is 5.10. The largest absolute Gasteiger partial charge is 0.497 e. The molecule has 0 fully saturated rings. The Kier molecular flexibility index (Phi) is 5.81. The summed E-state index contributed by atoms with van der Waals surface area (Å²) in [6.45, 7) is 5.89. The van der Waals surface area contributed by atoms with Crippen molar-refractivity contribution in [1.29, 1.82) is 0 Å². The van der Waals surface area contributed by atoms with Crippen LogP contribution in [-0.4, -0.2) is 28.5 Å². The number of carbonyl (C=O) groups excluding carboxylic acids is 1. The quantitative estimate of drug-likeness (QED) is 0.632. The summed E-state index contributed by atoms with van der Waals surface area (Å²) in [5, 5.41) is 11.0. The minimum absolute atomic E-state index is 0.143. The van der Waals surface area contributed by atoms with Gasteiger partial charge in [0, 0.05) is 11.3 Å². The van der Waals surface area contributed by atoms with E-state index >= 15 is 0 Å². The Bertz CT molecular complexity index is 938. The molecule has 27 heavy (non-hydrogen) atoms. The second kappa shape index (κ2) is 8.26. The molecule has 0 aliphatic heterocycles. The average Bonchev–Trinajstić information content (AvgIpc) is 3.13. The Morgan fingerprint density at radius 2 is 1.85 bits per heavy atom. The molecule has 1 amide bonds. The number of amides is 1. The molecule has 1 heterocycles. The number of hydrogen-bond donors (Lipinski definition) is 1. The summed E-state index contributed by atoms with van der Waals surface area (Å²) in [7, 11) is 1.60. The van der Waals surface area contributed by atoms with E-state index in [1.54, 1.807) is 38.3 Å². The van der Waals surface area contributed by atoms with Gasteiger partial charge in [-0.3, -0.25) is 4.79 Å². The molecule has 0 saturated heterocycles. The standard InChI is InChI=1S/C20H21N3O3S/c1-12-5-6-15(11-13(12)2)19-22-23-20(26-19)27-14(3)18(24)21-16-7-9-17(25-4)10-8-16/h5-11,14H,1-4H3,(H,21,24)/t14-/m1/s1. The molecular formula is C20H21N3O3S. The maximum absolute atomic E-state index is 12.4. The van der Waals surface area contributed by atoms with Crippen LogP contribution in [-0.2, 0) is 4.79 Å². The first kappa shape index (κ1) is 19.0. The van der Waals surface area contributed by atoms with Gasteiger partial charge in [-0.1, -0.05) is 17.8 Å². The Labute approximate surface area is 162 Å². The van der Waals surface area contributed by atoms with Gasteiger partial charge in [0.15, 0.2) is 0 Å². The van der Waals surface area contributed by atoms with Crippen LogP contribution in [0, 0.1) is 13.8 Å². The third kappa shape index (κ3) is 4.68. The van der Waals surface area contributed by atoms with Crippen molar-refractivity contribution in [2.75, 3.05) is 12.4 Å². The van der Waals surface area contributed by atoms with E-state index in [0.29, 0.717) is 16.8 Å². The molecule has 1 aromatic heterocycles. The molecule has 1 atom stereocenters. The topological polar surface area (TPSA) is 77.2 Å². The molecule has 1 N–H and O–H groups in total. The Morgan fingerprint density at radius 3 is 2.52 bits per heavy atom. The Hall–Kier alpha value is -2.80. The summed E-state index contributed by atoms with van der Waals surface area (Å²) in [4.78, 5) is 12.4. The van der Waals surface area contributed by atoms with Gasteiger partial charge in [0.25, 0.3) is 5.22 Å². The molecule has 6 nitrogen and oxygen atoms in total. The molecule has 0 spiro atoms. The summed E-state index contributed by atoms with van der Waals surface area (Å²) in [6, 6.07) is 13.1. The fraction of sp³-hybridized carbons (Fsp3) is 0.250. The molecule has 140 valence electrons. The molecular weight excluding hydrogens is 362 g/mol. The highest BCUT2D eigenvalue weighted by atomic mass is 32.2. The molecule has 7 heteroatoms. The first-order chi connectivity index (χ1) is 13.0. The number of hydrogen-bond acceptors (Lipinski definition) is 6. The lowest BCUT2D eigenvalue weighted by molar-refractivity contribution is -0.115. The molecule has 0 aliphatic carbocycles. The van der Waals surface area contributed by atoms with Crippen LogP contribution in [0.3, 0.4) is 0 Å². The van der Waals surface area contributed by atoms with Gasteiger partial charge in [0.1, 0.15) is 5.75 Å². The number of rotatable bonds is 6. The van der Waals surface area contributed by atoms with Crippen LogP contribution in [0.5, 0.6) is 5.75 Å². The number of methoxy groups -OCH3 is 1. The van der Waals surface area contributed by atoms with Crippen LogP contribution in [0.15, 0.2) is 52.1 Å². The van der Waals surface area contributed by atoms with Crippen LogP contribution in [0.25, 0.3) is 11.5 Å². The molecule has 3 aromatic rings. The van der Waals surface area contributed by atoms with Crippen molar-refractivity contribution in [2.24, 2.45) is 0 Å². The van der Waals surface area contributed by atoms with E-state index in [2.05, 4.69) is 22.4 Å². The minimum Gasteiger partial charge on any atom is -0.497 e. The maximum atomic E-state index is 12.4. The summed E-state index contributed by atoms with van der Waals surface area (Å²) in [6.07, 6.45) is 0. The van der Waals surface area contributed by atoms with Crippen molar-refractivity contribution in [3.05, 3.63) is 53.6 Å². The molecule has 0 aliphatic rings. The lowest BCUT2D eigenvalue weighted by Gasteiger charge is -2.10. The van der Waals surface area contributed by atoms with Gasteiger partial charge < -0.3 is 14.5 Å². The predicted molar refractivity (Wildman–Crippen MR) is 106 cm³/mol. The van der Waals surface area contributed by atoms with Crippen LogP contribution in [0.1, 0.15) is 18.1 Å². The zero-order valence-electron chi connectivity index (χ0n) is 15.6. The van der Waals surface area contributed by atoms with E-state index in [-0.39, 0.29) is 11.2 Å². The highest BCUT2D eigenvalue weighted by Crippen LogP contribution is 2.28. The van der Waals surface area contributed by atoms with Crippen LogP contribution < -0.4 is 10.1 Å². The van der Waals surface area contributed by atoms with Crippen molar-refractivity contribution in [3.63, 3.8) is 0 Å². The van der Waals surface area contributed by atoms with Crippen LogP contribution in [0.4, 0.5) is 5.69 Å². The van der Waals surface area contributed by atoms with Crippen LogP contribution >= 0.6 is 11.8 Å². The summed E-state index contributed by atoms with van der Waals surface area (Å²) in [5.74, 6) is 1.04. The van der Waals surface area contributed by atoms with E-state index in [9.17, 15) is 4.79 Å². The number of carbonyl (C=O) groups is 1. The maximum Gasteiger partial charge on any atom is 0.277 e. The number of aromatic nitrogens is 2. The lowest BCUT2D eigenvalue weighted by atomic mass is 10.1. The third-order valence-electron chi connectivity index (χ3n) is 4.16. The van der Waals surface area contributed by atoms with Gasteiger partial charge in [-0.15, -0.1) is 10.2 Å². The Balaban J connectivity index is 1.63. The van der Waals surface area contributed by atoms with Crippen molar-refractivity contribution in [3.8, 4) is 17.2 Å². The summed E-state index contributed by atoms with van der Waals surface area (Å²) >= 11 is 1.22. The minimum atomic E-state index is -0.389. The second-order valence-corrected chi connectivity index (χ2v) is 7.44. The van der Waals surface area contributed by atoms with Gasteiger partial charge in [-0.2, -0.15) is 0 Å². The molecule has 0 unspecified atom stereocenters. The van der Waals surface area contributed by atoms with E-state index in [1.807, 2.05) is 25.1 Å². The molecule has 0 radical (unpaired) electrons. The average molecular weight is 383 g/mol. The number of nitrogens with zero attached hydrogens (tertiary/aromatic N) is 2. The number of anilines is 1. The molecule has 2 aromatic carbocycles. The normalized spacial score (nSPS) is 11.9. The van der Waals surface area contributed by atoms with Gasteiger partial charge in [0.2, 0.25) is 11.8 Å². The van der Waals surface area contributed by atoms with E-state index in [1.165, 1.54) is 17.3 Å². The van der Waals surface area contributed by atoms with E-state index in [0.717, 1.165) is 16.9 Å².